The van der Waals surface area contributed by atoms with E-state index < -0.39 is 58.0 Å². The first-order valence-corrected chi connectivity index (χ1v) is 27.8. The van der Waals surface area contributed by atoms with Gasteiger partial charge in [-0.15, -0.1) is 23.1 Å². The van der Waals surface area contributed by atoms with Gasteiger partial charge in [0.2, 0.25) is 5.60 Å². The highest BCUT2D eigenvalue weighted by atomic mass is 32.2. The number of thiazole rings is 2. The lowest BCUT2D eigenvalue weighted by Crippen LogP contribution is -2.71. The lowest BCUT2D eigenvalue weighted by atomic mass is 9.77. The van der Waals surface area contributed by atoms with Crippen LogP contribution in [0.25, 0.3) is 5.57 Å². The molecule has 2 unspecified atom stereocenters. The minimum absolute atomic E-state index is 0.0352. The number of carbonyl (C=O) groups excluding carboxylic acids is 4. The number of pyridine rings is 1. The molecule has 0 bridgehead atoms. The monoisotopic (exact) mass is 1090 g/mol. The summed E-state index contributed by atoms with van der Waals surface area (Å²) in [7, 11) is 0. The Balaban J connectivity index is 0.990. The van der Waals surface area contributed by atoms with Crippen LogP contribution in [0.3, 0.4) is 0 Å². The van der Waals surface area contributed by atoms with Crippen molar-refractivity contribution in [2.45, 2.75) is 68.9 Å². The Hall–Kier alpha value is -8.45. The molecule has 1 saturated heterocycles. The number of amides is 2. The van der Waals surface area contributed by atoms with E-state index in [0.29, 0.717) is 20.7 Å². The highest BCUT2D eigenvalue weighted by molar-refractivity contribution is 8.00. The standard InChI is InChI=1S/C60H54N8O7S3/c1-58(2,3)74-55(72)59(4,5)75-67-47(45-37-77-57(64-45)66-60(40-26-15-8-16-27-40,41-28-17-9-18-29-41)42-30-19-10-20-31-42)51(69)65-48-52(70)68-49(54(71)73-50(38-22-11-6-12-23-38)39-24-13-7-14-25-39)44(36-76-53(48)68)46-35-62-56(78-46)63-43-32-21-33-61-34-43/h6-35,37,48,50,53H,36H2,1-5H3,(H,62,63)(H,64,66)(H,65,69)/b67-47+. The van der Waals surface area contributed by atoms with E-state index in [1.54, 1.807) is 50.8 Å². The lowest BCUT2D eigenvalue weighted by Gasteiger charge is -2.49. The van der Waals surface area contributed by atoms with Gasteiger partial charge in [-0.25, -0.2) is 19.6 Å². The summed E-state index contributed by atoms with van der Waals surface area (Å²) in [6.45, 7) is 8.18. The molecular weight excluding hydrogens is 1040 g/mol. The summed E-state index contributed by atoms with van der Waals surface area (Å²) in [6, 6.07) is 51.3. The van der Waals surface area contributed by atoms with Crippen molar-refractivity contribution in [2.24, 2.45) is 5.16 Å². The highest BCUT2D eigenvalue weighted by Crippen LogP contribution is 2.46. The van der Waals surface area contributed by atoms with E-state index in [-0.39, 0.29) is 22.9 Å². The molecule has 2 amide bonds. The van der Waals surface area contributed by atoms with Crippen molar-refractivity contribution in [3.63, 3.8) is 0 Å². The first kappa shape index (κ1) is 53.0. The summed E-state index contributed by atoms with van der Waals surface area (Å²) in [4.78, 5) is 80.0. The molecule has 394 valence electrons. The smallest absolute Gasteiger partial charge is 0.356 e. The van der Waals surface area contributed by atoms with Gasteiger partial charge in [-0.1, -0.05) is 168 Å². The molecular formula is C60H54N8O7S3. The Kier molecular flexibility index (Phi) is 15.4. The number of thioether (sulfide) groups is 1. The van der Waals surface area contributed by atoms with Crippen molar-refractivity contribution in [3.05, 3.63) is 232 Å². The third kappa shape index (κ3) is 11.3. The molecule has 2 atom stereocenters. The molecule has 5 aromatic carbocycles. The average Bonchev–Trinajstić information content (AvgIpc) is 4.22. The van der Waals surface area contributed by atoms with Crippen LogP contribution in [0.2, 0.25) is 0 Å². The Morgan fingerprint density at radius 3 is 1.86 bits per heavy atom. The average molecular weight is 1100 g/mol. The number of benzene rings is 5. The molecule has 15 nitrogen and oxygen atoms in total. The van der Waals surface area contributed by atoms with Crippen molar-refractivity contribution in [1.29, 1.82) is 0 Å². The van der Waals surface area contributed by atoms with Crippen LogP contribution in [0, 0.1) is 0 Å². The lowest BCUT2D eigenvalue weighted by molar-refractivity contribution is -0.179. The molecule has 3 N–H and O–H groups in total. The molecule has 10 rings (SSSR count). The third-order valence-electron chi connectivity index (χ3n) is 12.7. The third-order valence-corrected chi connectivity index (χ3v) is 15.7. The van der Waals surface area contributed by atoms with Crippen LogP contribution in [0.1, 0.15) is 79.1 Å². The van der Waals surface area contributed by atoms with Crippen LogP contribution in [0.4, 0.5) is 16.0 Å². The number of esters is 2. The number of aromatic nitrogens is 3. The van der Waals surface area contributed by atoms with Crippen LogP contribution in [0.5, 0.6) is 0 Å². The fraction of sp³-hybridized carbons (Fsp3) is 0.200. The Morgan fingerprint density at radius 1 is 0.731 bits per heavy atom. The second kappa shape index (κ2) is 22.6. The number of carbonyl (C=O) groups is 4. The predicted molar refractivity (Wildman–Crippen MR) is 305 cm³/mol. The van der Waals surface area contributed by atoms with Gasteiger partial charge in [-0.2, -0.15) is 0 Å². The molecule has 2 aliphatic heterocycles. The number of β-lactam (4-membered cyclic amide) rings is 1. The first-order valence-electron chi connectivity index (χ1n) is 25.0. The minimum atomic E-state index is -1.67. The van der Waals surface area contributed by atoms with E-state index in [1.807, 2.05) is 158 Å². The van der Waals surface area contributed by atoms with Crippen molar-refractivity contribution in [3.8, 4) is 0 Å². The number of anilines is 3. The van der Waals surface area contributed by atoms with Crippen molar-refractivity contribution < 1.29 is 33.5 Å². The fourth-order valence-electron chi connectivity index (χ4n) is 8.97. The molecule has 8 aromatic rings. The minimum Gasteiger partial charge on any atom is -0.457 e. The van der Waals surface area contributed by atoms with Crippen molar-refractivity contribution in [1.82, 2.24) is 25.2 Å². The quantitative estimate of drug-likeness (QED) is 0.0242. The zero-order valence-corrected chi connectivity index (χ0v) is 45.6. The second-order valence-corrected chi connectivity index (χ2v) is 22.7. The van der Waals surface area contributed by atoms with Gasteiger partial charge in [0.25, 0.3) is 11.8 Å². The van der Waals surface area contributed by atoms with E-state index in [2.05, 4.69) is 31.1 Å². The Morgan fingerprint density at radius 2 is 1.31 bits per heavy atom. The molecule has 0 aliphatic carbocycles. The predicted octanol–water partition coefficient (Wildman–Crippen LogP) is 11.1. The summed E-state index contributed by atoms with van der Waals surface area (Å²) in [5.74, 6) is -2.58. The van der Waals surface area contributed by atoms with Crippen LogP contribution in [-0.2, 0) is 39.0 Å². The SMILES string of the molecule is CC(C)(C)OC(=O)C(C)(C)O/N=C(/C(=O)NC1C(=O)N2C(C(=O)OC(c3ccccc3)c3ccccc3)=C(c3cnc(Nc4cccnc4)s3)CSC12)c1csc(NC(c2ccccc2)(c2ccccc2)c2ccccc2)n1. The van der Waals surface area contributed by atoms with E-state index in [4.69, 9.17) is 19.3 Å². The number of nitrogens with one attached hydrogen (secondary N) is 3. The topological polar surface area (TPSA) is 186 Å². The number of nitrogens with zero attached hydrogens (tertiary/aromatic N) is 5. The van der Waals surface area contributed by atoms with Crippen LogP contribution < -0.4 is 16.0 Å². The normalized spacial score (nSPS) is 15.7. The molecule has 78 heavy (non-hydrogen) atoms. The molecule has 1 fully saturated rings. The van der Waals surface area contributed by atoms with E-state index in [9.17, 15) is 19.2 Å². The van der Waals surface area contributed by atoms with Gasteiger partial charge in [0.05, 0.1) is 16.8 Å². The fourth-order valence-corrected chi connectivity index (χ4v) is 12.1. The molecule has 5 heterocycles. The molecule has 0 saturated carbocycles. The molecule has 3 aromatic heterocycles. The van der Waals surface area contributed by atoms with Crippen LogP contribution in [0.15, 0.2) is 199 Å². The summed E-state index contributed by atoms with van der Waals surface area (Å²) in [5, 5.41) is 16.1. The zero-order chi connectivity index (χ0) is 54.4. The van der Waals surface area contributed by atoms with Crippen LogP contribution in [-0.4, -0.2) is 77.7 Å². The maximum absolute atomic E-state index is 15.0. The van der Waals surface area contributed by atoms with Gasteiger partial charge in [0.1, 0.15) is 33.9 Å². The maximum Gasteiger partial charge on any atom is 0.356 e. The second-order valence-electron chi connectivity index (χ2n) is 19.7. The molecule has 18 heteroatoms. The number of hydrogen-bond donors (Lipinski definition) is 3. The number of fused-ring (bicyclic) bond motifs is 1. The van der Waals surface area contributed by atoms with Crippen LogP contribution >= 0.6 is 34.4 Å². The summed E-state index contributed by atoms with van der Waals surface area (Å²) < 4.78 is 12.1. The summed E-state index contributed by atoms with van der Waals surface area (Å²) in [6.07, 6.45) is 4.18. The summed E-state index contributed by atoms with van der Waals surface area (Å²) >= 11 is 3.92. The zero-order valence-electron chi connectivity index (χ0n) is 43.2. The van der Waals surface area contributed by atoms with E-state index in [1.165, 1.54) is 53.2 Å². The van der Waals surface area contributed by atoms with Crippen molar-refractivity contribution in [2.75, 3.05) is 16.4 Å². The number of oxime groups is 1. The van der Waals surface area contributed by atoms with E-state index in [0.717, 1.165) is 33.5 Å². The number of ether oxygens (including phenoxy) is 2. The van der Waals surface area contributed by atoms with Gasteiger partial charge in [0.15, 0.2) is 22.1 Å². The van der Waals surface area contributed by atoms with Crippen molar-refractivity contribution >= 4 is 85.4 Å². The van der Waals surface area contributed by atoms with Gasteiger partial charge in [-0.3, -0.25) is 19.5 Å². The molecule has 2 aliphatic rings. The number of hydrogen-bond acceptors (Lipinski definition) is 16. The Labute approximate surface area is 463 Å². The Bertz CT molecular complexity index is 3350. The van der Waals surface area contributed by atoms with Gasteiger partial charge >= 0.3 is 11.9 Å². The number of rotatable bonds is 18. The maximum atomic E-state index is 15.0. The van der Waals surface area contributed by atoms with Gasteiger partial charge < -0.3 is 30.3 Å². The van der Waals surface area contributed by atoms with Gasteiger partial charge in [-0.05, 0) is 74.6 Å². The molecule has 0 spiro atoms. The first-order chi connectivity index (χ1) is 37.7. The van der Waals surface area contributed by atoms with E-state index >= 15 is 0 Å². The summed E-state index contributed by atoms with van der Waals surface area (Å²) in [5.41, 5.74) is 1.87. The molecule has 0 radical (unpaired) electrons. The highest BCUT2D eigenvalue weighted by Gasteiger charge is 2.55. The van der Waals surface area contributed by atoms with Gasteiger partial charge in [0, 0.05) is 29.1 Å². The largest absolute Gasteiger partial charge is 0.457 e.